The lowest BCUT2D eigenvalue weighted by Crippen LogP contribution is -2.48. The molecule has 17 heavy (non-hydrogen) atoms. The summed E-state index contributed by atoms with van der Waals surface area (Å²) in [4.78, 5) is 2.57. The van der Waals surface area contributed by atoms with Crippen LogP contribution in [0.15, 0.2) is 0 Å². The van der Waals surface area contributed by atoms with E-state index in [1.165, 1.54) is 51.7 Å². The van der Waals surface area contributed by atoms with E-state index in [4.69, 9.17) is 0 Å². The van der Waals surface area contributed by atoms with Crippen molar-refractivity contribution in [3.05, 3.63) is 0 Å². The Morgan fingerprint density at radius 3 is 2.06 bits per heavy atom. The Bertz CT molecular complexity index is 211. The van der Waals surface area contributed by atoms with Crippen molar-refractivity contribution in [2.24, 2.45) is 11.8 Å². The van der Waals surface area contributed by atoms with Gasteiger partial charge in [-0.1, -0.05) is 20.8 Å². The fourth-order valence-electron chi connectivity index (χ4n) is 3.83. The van der Waals surface area contributed by atoms with Gasteiger partial charge < -0.3 is 10.2 Å². The van der Waals surface area contributed by atoms with E-state index in [9.17, 15) is 0 Å². The maximum atomic E-state index is 3.94. The molecule has 1 aliphatic carbocycles. The topological polar surface area (TPSA) is 15.3 Å². The van der Waals surface area contributed by atoms with Gasteiger partial charge in [-0.2, -0.15) is 0 Å². The zero-order valence-electron chi connectivity index (χ0n) is 11.9. The number of rotatable bonds is 3. The SMILES string of the molecule is CCN1CCC(NC2CC(C)CC(C)C2)CC1. The Morgan fingerprint density at radius 1 is 0.941 bits per heavy atom. The first-order valence-corrected chi connectivity index (χ1v) is 7.65. The quantitative estimate of drug-likeness (QED) is 0.813. The first-order chi connectivity index (χ1) is 8.17. The molecular formula is C15H30N2. The second-order valence-corrected chi connectivity index (χ2v) is 6.49. The van der Waals surface area contributed by atoms with Crippen molar-refractivity contribution in [3.63, 3.8) is 0 Å². The summed E-state index contributed by atoms with van der Waals surface area (Å²) in [5, 5.41) is 3.94. The van der Waals surface area contributed by atoms with E-state index in [1.54, 1.807) is 0 Å². The van der Waals surface area contributed by atoms with E-state index in [0.29, 0.717) is 0 Å². The van der Waals surface area contributed by atoms with Gasteiger partial charge in [-0.25, -0.2) is 0 Å². The minimum absolute atomic E-state index is 0.792. The maximum absolute atomic E-state index is 3.94. The summed E-state index contributed by atoms with van der Waals surface area (Å²) in [6.45, 7) is 10.9. The van der Waals surface area contributed by atoms with Gasteiger partial charge in [-0.3, -0.25) is 0 Å². The molecule has 1 saturated heterocycles. The molecule has 2 atom stereocenters. The highest BCUT2D eigenvalue weighted by Crippen LogP contribution is 2.29. The Balaban J connectivity index is 1.74. The lowest BCUT2D eigenvalue weighted by atomic mass is 9.80. The molecule has 2 fully saturated rings. The van der Waals surface area contributed by atoms with Crippen molar-refractivity contribution >= 4 is 0 Å². The van der Waals surface area contributed by atoms with Crippen LogP contribution in [-0.4, -0.2) is 36.6 Å². The Hall–Kier alpha value is -0.0800. The molecule has 0 aromatic carbocycles. The van der Waals surface area contributed by atoms with Gasteiger partial charge in [0.25, 0.3) is 0 Å². The lowest BCUT2D eigenvalue weighted by molar-refractivity contribution is 0.171. The molecule has 0 spiro atoms. The van der Waals surface area contributed by atoms with Crippen LogP contribution >= 0.6 is 0 Å². The van der Waals surface area contributed by atoms with Crippen LogP contribution in [0.3, 0.4) is 0 Å². The second kappa shape index (κ2) is 6.19. The number of nitrogens with zero attached hydrogens (tertiary/aromatic N) is 1. The third-order valence-corrected chi connectivity index (χ3v) is 4.68. The third kappa shape index (κ3) is 3.96. The van der Waals surface area contributed by atoms with Gasteiger partial charge in [0, 0.05) is 12.1 Å². The van der Waals surface area contributed by atoms with Gasteiger partial charge in [0.05, 0.1) is 0 Å². The summed E-state index contributed by atoms with van der Waals surface area (Å²) >= 11 is 0. The van der Waals surface area contributed by atoms with Gasteiger partial charge in [-0.15, -0.1) is 0 Å². The summed E-state index contributed by atoms with van der Waals surface area (Å²) in [5.74, 6) is 1.85. The van der Waals surface area contributed by atoms with Crippen LogP contribution in [-0.2, 0) is 0 Å². The highest BCUT2D eigenvalue weighted by Gasteiger charge is 2.27. The van der Waals surface area contributed by atoms with Crippen molar-refractivity contribution in [1.82, 2.24) is 10.2 Å². The summed E-state index contributed by atoms with van der Waals surface area (Å²) in [7, 11) is 0. The van der Waals surface area contributed by atoms with Gasteiger partial charge in [-0.05, 0) is 63.6 Å². The van der Waals surface area contributed by atoms with Crippen molar-refractivity contribution < 1.29 is 0 Å². The number of piperidine rings is 1. The molecule has 0 aromatic heterocycles. The normalized spacial score (nSPS) is 37.2. The van der Waals surface area contributed by atoms with Crippen LogP contribution in [0.1, 0.15) is 52.9 Å². The van der Waals surface area contributed by atoms with Crippen molar-refractivity contribution in [3.8, 4) is 0 Å². The molecule has 2 nitrogen and oxygen atoms in total. The largest absolute Gasteiger partial charge is 0.311 e. The van der Waals surface area contributed by atoms with E-state index in [0.717, 1.165) is 23.9 Å². The van der Waals surface area contributed by atoms with E-state index in [1.807, 2.05) is 0 Å². The predicted molar refractivity (Wildman–Crippen MR) is 74.2 cm³/mol. The predicted octanol–water partition coefficient (Wildman–Crippen LogP) is 2.89. The second-order valence-electron chi connectivity index (χ2n) is 6.49. The van der Waals surface area contributed by atoms with Crippen molar-refractivity contribution in [1.29, 1.82) is 0 Å². The van der Waals surface area contributed by atoms with Crippen molar-refractivity contribution in [2.75, 3.05) is 19.6 Å². The van der Waals surface area contributed by atoms with E-state index < -0.39 is 0 Å². The minimum Gasteiger partial charge on any atom is -0.311 e. The Kier molecular flexibility index (Phi) is 4.87. The fraction of sp³-hybridized carbons (Fsp3) is 1.00. The highest BCUT2D eigenvalue weighted by atomic mass is 15.1. The van der Waals surface area contributed by atoms with Gasteiger partial charge in [0.1, 0.15) is 0 Å². The molecule has 2 rings (SSSR count). The van der Waals surface area contributed by atoms with Crippen LogP contribution in [0.5, 0.6) is 0 Å². The molecule has 1 aliphatic heterocycles. The molecular weight excluding hydrogens is 208 g/mol. The molecule has 1 N–H and O–H groups in total. The van der Waals surface area contributed by atoms with Crippen LogP contribution in [0.2, 0.25) is 0 Å². The number of hydrogen-bond acceptors (Lipinski definition) is 2. The minimum atomic E-state index is 0.792. The first kappa shape index (κ1) is 13.4. The molecule has 0 bridgehead atoms. The Labute approximate surface area is 107 Å². The summed E-state index contributed by atoms with van der Waals surface area (Å²) in [5.41, 5.74) is 0. The van der Waals surface area contributed by atoms with Gasteiger partial charge in [0.2, 0.25) is 0 Å². The Morgan fingerprint density at radius 2 is 1.53 bits per heavy atom. The molecule has 0 aromatic rings. The molecule has 0 radical (unpaired) electrons. The summed E-state index contributed by atoms with van der Waals surface area (Å²) < 4.78 is 0. The first-order valence-electron chi connectivity index (χ1n) is 7.65. The zero-order chi connectivity index (χ0) is 12.3. The number of nitrogens with one attached hydrogen (secondary N) is 1. The molecule has 2 aliphatic rings. The van der Waals surface area contributed by atoms with Crippen LogP contribution in [0.4, 0.5) is 0 Å². The number of likely N-dealkylation sites (tertiary alicyclic amines) is 1. The van der Waals surface area contributed by atoms with Gasteiger partial charge in [0.15, 0.2) is 0 Å². The van der Waals surface area contributed by atoms with Crippen LogP contribution < -0.4 is 5.32 Å². The molecule has 0 amide bonds. The summed E-state index contributed by atoms with van der Waals surface area (Å²) in [6, 6.07) is 1.59. The molecule has 2 heteroatoms. The average Bonchev–Trinajstić information content (AvgIpc) is 2.28. The molecule has 100 valence electrons. The van der Waals surface area contributed by atoms with Crippen molar-refractivity contribution in [2.45, 2.75) is 65.0 Å². The van der Waals surface area contributed by atoms with E-state index in [2.05, 4.69) is 31.0 Å². The van der Waals surface area contributed by atoms with E-state index in [-0.39, 0.29) is 0 Å². The zero-order valence-corrected chi connectivity index (χ0v) is 11.9. The average molecular weight is 238 g/mol. The molecule has 1 saturated carbocycles. The lowest BCUT2D eigenvalue weighted by Gasteiger charge is -2.38. The van der Waals surface area contributed by atoms with E-state index >= 15 is 0 Å². The highest BCUT2D eigenvalue weighted by molar-refractivity contribution is 4.85. The molecule has 1 heterocycles. The third-order valence-electron chi connectivity index (χ3n) is 4.68. The summed E-state index contributed by atoms with van der Waals surface area (Å²) in [6.07, 6.45) is 6.95. The fourth-order valence-corrected chi connectivity index (χ4v) is 3.83. The standard InChI is InChI=1S/C15H30N2/c1-4-17-7-5-14(6-8-17)16-15-10-12(2)9-13(3)11-15/h12-16H,4-11H2,1-3H3. The van der Waals surface area contributed by atoms with Crippen LogP contribution in [0.25, 0.3) is 0 Å². The smallest absolute Gasteiger partial charge is 0.00940 e. The molecule has 2 unspecified atom stereocenters. The maximum Gasteiger partial charge on any atom is 0.00940 e. The van der Waals surface area contributed by atoms with Gasteiger partial charge >= 0.3 is 0 Å². The monoisotopic (exact) mass is 238 g/mol. The van der Waals surface area contributed by atoms with Crippen LogP contribution in [0, 0.1) is 11.8 Å². The number of hydrogen-bond donors (Lipinski definition) is 1.